The van der Waals surface area contributed by atoms with Crippen molar-refractivity contribution in [1.82, 2.24) is 14.5 Å². The van der Waals surface area contributed by atoms with E-state index in [-0.39, 0.29) is 18.6 Å². The Morgan fingerprint density at radius 3 is 2.23 bits per heavy atom. The van der Waals surface area contributed by atoms with Crippen LogP contribution >= 0.6 is 0 Å². The van der Waals surface area contributed by atoms with Crippen LogP contribution in [0, 0.1) is 0 Å². The van der Waals surface area contributed by atoms with Gasteiger partial charge in [-0.1, -0.05) is 30.3 Å². The molecule has 2 fully saturated rings. The number of nitrogens with zero attached hydrogens (tertiary/aromatic N) is 2. The highest BCUT2D eigenvalue weighted by Crippen LogP contribution is 2.22. The number of ether oxygens (including phenoxy) is 1. The summed E-state index contributed by atoms with van der Waals surface area (Å²) in [6, 6.07) is 12.9. The SMILES string of the molecule is O=C(CNCC1CCCO1)N1CCN(S(=O)(=O)c2ccc3ccccc3c2)CC1.O=C(O)C(=O)O. The Kier molecular flexibility index (Phi) is 9.15. The van der Waals surface area contributed by atoms with Gasteiger partial charge in [-0.05, 0) is 35.7 Å². The van der Waals surface area contributed by atoms with Crippen LogP contribution in [-0.2, 0) is 29.1 Å². The fraction of sp³-hybridized carbons (Fsp3) is 0.435. The zero-order chi connectivity index (χ0) is 25.4. The number of benzene rings is 2. The lowest BCUT2D eigenvalue weighted by Gasteiger charge is -2.34. The second kappa shape index (κ2) is 12.1. The number of carboxylic acids is 2. The molecule has 2 aliphatic heterocycles. The predicted octanol–water partition coefficient (Wildman–Crippen LogP) is 0.597. The second-order valence-corrected chi connectivity index (χ2v) is 10.1. The molecule has 35 heavy (non-hydrogen) atoms. The van der Waals surface area contributed by atoms with Gasteiger partial charge in [0.2, 0.25) is 15.9 Å². The summed E-state index contributed by atoms with van der Waals surface area (Å²) in [5.74, 6) is -3.64. The third-order valence-corrected chi connectivity index (χ3v) is 7.70. The van der Waals surface area contributed by atoms with E-state index in [0.717, 1.165) is 30.2 Å². The normalized spacial score (nSPS) is 18.6. The van der Waals surface area contributed by atoms with Gasteiger partial charge >= 0.3 is 11.9 Å². The number of nitrogens with one attached hydrogen (secondary N) is 1. The molecule has 2 aromatic carbocycles. The van der Waals surface area contributed by atoms with Crippen molar-refractivity contribution in [2.75, 3.05) is 45.9 Å². The third kappa shape index (κ3) is 7.21. The van der Waals surface area contributed by atoms with Crippen molar-refractivity contribution in [3.05, 3.63) is 42.5 Å². The van der Waals surface area contributed by atoms with Crippen molar-refractivity contribution >= 4 is 38.6 Å². The molecule has 11 nitrogen and oxygen atoms in total. The van der Waals surface area contributed by atoms with Gasteiger partial charge in [0.25, 0.3) is 0 Å². The Hall–Kier alpha value is -3.06. The van der Waals surface area contributed by atoms with Gasteiger partial charge in [0.1, 0.15) is 0 Å². The Bertz CT molecular complexity index is 1140. The lowest BCUT2D eigenvalue weighted by molar-refractivity contribution is -0.159. The molecule has 1 amide bonds. The van der Waals surface area contributed by atoms with Crippen molar-refractivity contribution in [2.24, 2.45) is 0 Å². The summed E-state index contributed by atoms with van der Waals surface area (Å²) in [5.41, 5.74) is 0. The first-order chi connectivity index (χ1) is 16.7. The first-order valence-electron chi connectivity index (χ1n) is 11.2. The van der Waals surface area contributed by atoms with Crippen molar-refractivity contribution in [2.45, 2.75) is 23.8 Å². The van der Waals surface area contributed by atoms with Crippen LogP contribution in [0.4, 0.5) is 0 Å². The van der Waals surface area contributed by atoms with Crippen LogP contribution in [0.1, 0.15) is 12.8 Å². The lowest BCUT2D eigenvalue weighted by Crippen LogP contribution is -2.52. The zero-order valence-corrected chi connectivity index (χ0v) is 19.9. The number of piperazine rings is 1. The average molecular weight is 508 g/mol. The molecule has 4 rings (SSSR count). The first-order valence-corrected chi connectivity index (χ1v) is 12.7. The van der Waals surface area contributed by atoms with Gasteiger partial charge in [0.15, 0.2) is 0 Å². The number of aliphatic carboxylic acids is 2. The first kappa shape index (κ1) is 26.5. The van der Waals surface area contributed by atoms with Crippen LogP contribution < -0.4 is 5.32 Å². The molecule has 1 unspecified atom stereocenters. The minimum absolute atomic E-state index is 0.00532. The molecule has 2 heterocycles. The maximum absolute atomic E-state index is 13.0. The highest BCUT2D eigenvalue weighted by atomic mass is 32.2. The van der Waals surface area contributed by atoms with Gasteiger partial charge in [0, 0.05) is 39.3 Å². The quantitative estimate of drug-likeness (QED) is 0.477. The smallest absolute Gasteiger partial charge is 0.414 e. The molecular weight excluding hydrogens is 478 g/mol. The highest BCUT2D eigenvalue weighted by Gasteiger charge is 2.30. The van der Waals surface area contributed by atoms with Crippen LogP contribution in [0.3, 0.4) is 0 Å². The molecule has 0 bridgehead atoms. The van der Waals surface area contributed by atoms with E-state index in [0.29, 0.717) is 37.6 Å². The predicted molar refractivity (Wildman–Crippen MR) is 126 cm³/mol. The number of rotatable bonds is 6. The molecule has 2 aliphatic rings. The molecule has 0 spiro atoms. The second-order valence-electron chi connectivity index (χ2n) is 8.17. The van der Waals surface area contributed by atoms with E-state index in [9.17, 15) is 13.2 Å². The number of amides is 1. The number of carbonyl (C=O) groups is 3. The van der Waals surface area contributed by atoms with Crippen molar-refractivity contribution in [3.63, 3.8) is 0 Å². The summed E-state index contributed by atoms with van der Waals surface area (Å²) >= 11 is 0. The summed E-state index contributed by atoms with van der Waals surface area (Å²) in [4.78, 5) is 32.6. The van der Waals surface area contributed by atoms with E-state index >= 15 is 0 Å². The standard InChI is InChI=1S/C21H27N3O4S.C2H2O4/c25-21(16-22-15-19-6-3-13-28-19)23-9-11-24(12-10-23)29(26,27)20-8-7-17-4-1-2-5-18(17)14-20;3-1(4)2(5)6/h1-2,4-5,7-8,14,19,22H,3,6,9-13,15-16H2;(H,3,4)(H,5,6). The Labute approximate surface area is 203 Å². The van der Waals surface area contributed by atoms with E-state index in [4.69, 9.17) is 24.5 Å². The van der Waals surface area contributed by atoms with Crippen molar-refractivity contribution < 1.29 is 37.8 Å². The number of carboxylic acid groups (broad SMARTS) is 2. The van der Waals surface area contributed by atoms with Crippen LogP contribution in [0.15, 0.2) is 47.4 Å². The zero-order valence-electron chi connectivity index (χ0n) is 19.1. The third-order valence-electron chi connectivity index (χ3n) is 5.81. The van der Waals surface area contributed by atoms with Crippen molar-refractivity contribution in [1.29, 1.82) is 0 Å². The largest absolute Gasteiger partial charge is 0.473 e. The van der Waals surface area contributed by atoms with Crippen LogP contribution in [0.5, 0.6) is 0 Å². The molecule has 3 N–H and O–H groups in total. The average Bonchev–Trinajstić information content (AvgIpc) is 3.37. The van der Waals surface area contributed by atoms with Gasteiger partial charge in [0.05, 0.1) is 17.5 Å². The Morgan fingerprint density at radius 2 is 1.63 bits per heavy atom. The fourth-order valence-electron chi connectivity index (χ4n) is 3.91. The lowest BCUT2D eigenvalue weighted by atomic mass is 10.1. The number of fused-ring (bicyclic) bond motifs is 1. The summed E-state index contributed by atoms with van der Waals surface area (Å²) in [5, 5.41) is 19.9. The maximum Gasteiger partial charge on any atom is 0.414 e. The minimum atomic E-state index is -3.57. The maximum atomic E-state index is 13.0. The summed E-state index contributed by atoms with van der Waals surface area (Å²) in [7, 11) is -3.57. The van der Waals surface area contributed by atoms with Crippen LogP contribution in [0.2, 0.25) is 0 Å². The van der Waals surface area contributed by atoms with E-state index in [1.165, 1.54) is 4.31 Å². The molecule has 0 aromatic heterocycles. The van der Waals surface area contributed by atoms with Gasteiger partial charge < -0.3 is 25.2 Å². The fourth-order valence-corrected chi connectivity index (χ4v) is 5.37. The molecule has 190 valence electrons. The van der Waals surface area contributed by atoms with Gasteiger partial charge in [-0.15, -0.1) is 0 Å². The molecule has 0 aliphatic carbocycles. The molecule has 0 radical (unpaired) electrons. The number of hydrogen-bond acceptors (Lipinski definition) is 7. The summed E-state index contributed by atoms with van der Waals surface area (Å²) in [6.45, 7) is 3.19. The number of sulfonamides is 1. The summed E-state index contributed by atoms with van der Waals surface area (Å²) in [6.07, 6.45) is 2.31. The van der Waals surface area contributed by atoms with Crippen LogP contribution in [0.25, 0.3) is 10.8 Å². The van der Waals surface area contributed by atoms with Gasteiger partial charge in [-0.25, -0.2) is 18.0 Å². The molecule has 0 saturated carbocycles. The van der Waals surface area contributed by atoms with E-state index in [1.54, 1.807) is 17.0 Å². The molecular formula is C23H29N3O8S. The topological polar surface area (TPSA) is 154 Å². The molecule has 2 aromatic rings. The molecule has 1 atom stereocenters. The molecule has 12 heteroatoms. The van der Waals surface area contributed by atoms with Gasteiger partial charge in [-0.2, -0.15) is 4.31 Å². The molecule has 2 saturated heterocycles. The monoisotopic (exact) mass is 507 g/mol. The minimum Gasteiger partial charge on any atom is -0.473 e. The highest BCUT2D eigenvalue weighted by molar-refractivity contribution is 7.89. The van der Waals surface area contributed by atoms with Gasteiger partial charge in [-0.3, -0.25) is 4.79 Å². The van der Waals surface area contributed by atoms with E-state index in [2.05, 4.69) is 5.32 Å². The number of carbonyl (C=O) groups excluding carboxylic acids is 1. The van der Waals surface area contributed by atoms with Crippen molar-refractivity contribution in [3.8, 4) is 0 Å². The summed E-state index contributed by atoms with van der Waals surface area (Å²) < 4.78 is 33.1. The van der Waals surface area contributed by atoms with E-state index in [1.807, 2.05) is 30.3 Å². The van der Waals surface area contributed by atoms with E-state index < -0.39 is 22.0 Å². The Morgan fingerprint density at radius 1 is 0.971 bits per heavy atom. The number of hydrogen-bond donors (Lipinski definition) is 3. The Balaban J connectivity index is 0.000000509. The van der Waals surface area contributed by atoms with Crippen LogP contribution in [-0.4, -0.2) is 97.7 Å².